The zero-order valence-corrected chi connectivity index (χ0v) is 15.5. The van der Waals surface area contributed by atoms with Gasteiger partial charge >= 0.3 is 0 Å². The third-order valence-electron chi connectivity index (χ3n) is 4.59. The molecule has 3 heterocycles. The summed E-state index contributed by atoms with van der Waals surface area (Å²) in [7, 11) is 3.15. The number of benzene rings is 1. The van der Waals surface area contributed by atoms with Gasteiger partial charge in [-0.1, -0.05) is 11.2 Å². The number of hydrogen-bond acceptors (Lipinski definition) is 8. The molecule has 1 saturated heterocycles. The lowest BCUT2D eigenvalue weighted by Gasteiger charge is -2.37. The number of carbonyl (C=O) groups excluding carboxylic acids is 1. The summed E-state index contributed by atoms with van der Waals surface area (Å²) in [6.45, 7) is 1.09. The number of aromatic nitrogens is 4. The van der Waals surface area contributed by atoms with Gasteiger partial charge < -0.3 is 18.9 Å². The molecule has 9 nitrogen and oxygen atoms in total. The summed E-state index contributed by atoms with van der Waals surface area (Å²) in [5.74, 6) is 2.57. The van der Waals surface area contributed by atoms with E-state index >= 15 is 0 Å². The van der Waals surface area contributed by atoms with E-state index < -0.39 is 0 Å². The minimum Gasteiger partial charge on any atom is -0.493 e. The van der Waals surface area contributed by atoms with Crippen molar-refractivity contribution < 1.29 is 18.8 Å². The van der Waals surface area contributed by atoms with Crippen molar-refractivity contribution in [3.63, 3.8) is 0 Å². The second kappa shape index (κ2) is 7.63. The van der Waals surface area contributed by atoms with Crippen molar-refractivity contribution in [1.29, 1.82) is 0 Å². The van der Waals surface area contributed by atoms with E-state index in [9.17, 15) is 4.79 Å². The summed E-state index contributed by atoms with van der Waals surface area (Å²) in [5.41, 5.74) is 0.868. The Morgan fingerprint density at radius 1 is 1.14 bits per heavy atom. The van der Waals surface area contributed by atoms with Gasteiger partial charge in [0.15, 0.2) is 11.5 Å². The minimum atomic E-state index is 0.0271. The van der Waals surface area contributed by atoms with Crippen molar-refractivity contribution in [2.45, 2.75) is 12.3 Å². The van der Waals surface area contributed by atoms with Crippen molar-refractivity contribution in [3.05, 3.63) is 48.1 Å². The number of ether oxygens (including phenoxy) is 2. The van der Waals surface area contributed by atoms with E-state index in [4.69, 9.17) is 14.0 Å². The van der Waals surface area contributed by atoms with Crippen LogP contribution in [0, 0.1) is 0 Å². The fraction of sp³-hybridized carbons (Fsp3) is 0.316. The zero-order chi connectivity index (χ0) is 19.5. The maximum Gasteiger partial charge on any atom is 0.240 e. The van der Waals surface area contributed by atoms with Gasteiger partial charge in [-0.15, -0.1) is 0 Å². The van der Waals surface area contributed by atoms with Gasteiger partial charge in [0.1, 0.15) is 0 Å². The zero-order valence-electron chi connectivity index (χ0n) is 15.5. The quantitative estimate of drug-likeness (QED) is 0.636. The molecular formula is C19H19N5O4. The molecule has 0 radical (unpaired) electrons. The fourth-order valence-electron chi connectivity index (χ4n) is 3.02. The topological polar surface area (TPSA) is 103 Å². The molecule has 1 fully saturated rings. The molecule has 1 amide bonds. The first-order valence-electron chi connectivity index (χ1n) is 8.77. The summed E-state index contributed by atoms with van der Waals surface area (Å²) in [6.07, 6.45) is 3.53. The van der Waals surface area contributed by atoms with Crippen LogP contribution < -0.4 is 9.47 Å². The average Bonchev–Trinajstić information content (AvgIpc) is 3.17. The highest BCUT2D eigenvalue weighted by molar-refractivity contribution is 5.80. The summed E-state index contributed by atoms with van der Waals surface area (Å²) in [5, 5.41) is 3.92. The van der Waals surface area contributed by atoms with Gasteiger partial charge in [0, 0.05) is 25.5 Å². The predicted molar refractivity (Wildman–Crippen MR) is 97.9 cm³/mol. The van der Waals surface area contributed by atoms with Gasteiger partial charge in [-0.2, -0.15) is 4.98 Å². The molecule has 3 aromatic rings. The van der Waals surface area contributed by atoms with Crippen LogP contribution >= 0.6 is 0 Å². The molecule has 0 N–H and O–H groups in total. The van der Waals surface area contributed by atoms with Crippen LogP contribution in [0.1, 0.15) is 17.4 Å². The summed E-state index contributed by atoms with van der Waals surface area (Å²) < 4.78 is 15.8. The SMILES string of the molecule is COc1ccc(CC(=O)N2CC(c3nc(-c4ncccn4)no3)C2)cc1OC. The summed E-state index contributed by atoms with van der Waals surface area (Å²) in [6, 6.07) is 7.20. The predicted octanol–water partition coefficient (Wildman–Crippen LogP) is 1.71. The Bertz CT molecular complexity index is 969. The molecule has 0 atom stereocenters. The van der Waals surface area contributed by atoms with Crippen LogP contribution in [0.15, 0.2) is 41.2 Å². The first-order valence-corrected chi connectivity index (χ1v) is 8.77. The Morgan fingerprint density at radius 2 is 1.89 bits per heavy atom. The van der Waals surface area contributed by atoms with Gasteiger partial charge in [-0.05, 0) is 23.8 Å². The smallest absolute Gasteiger partial charge is 0.240 e. The number of rotatable bonds is 6. The molecule has 9 heteroatoms. The van der Waals surface area contributed by atoms with Crippen LogP contribution in [0.4, 0.5) is 0 Å². The van der Waals surface area contributed by atoms with Gasteiger partial charge in [-0.25, -0.2) is 9.97 Å². The molecule has 1 aromatic carbocycles. The number of carbonyl (C=O) groups is 1. The van der Waals surface area contributed by atoms with Crippen LogP contribution in [0.5, 0.6) is 11.5 Å². The molecular weight excluding hydrogens is 362 g/mol. The molecule has 144 valence electrons. The molecule has 0 aliphatic carbocycles. The van der Waals surface area contributed by atoms with E-state index in [0.29, 0.717) is 48.5 Å². The molecule has 0 bridgehead atoms. The lowest BCUT2D eigenvalue weighted by Crippen LogP contribution is -2.49. The third-order valence-corrected chi connectivity index (χ3v) is 4.59. The van der Waals surface area contributed by atoms with Crippen molar-refractivity contribution in [3.8, 4) is 23.1 Å². The lowest BCUT2D eigenvalue weighted by molar-refractivity contribution is -0.135. The molecule has 28 heavy (non-hydrogen) atoms. The van der Waals surface area contributed by atoms with Gasteiger partial charge in [0.2, 0.25) is 23.4 Å². The van der Waals surface area contributed by atoms with Crippen LogP contribution in [0.2, 0.25) is 0 Å². The number of amides is 1. The Hall–Kier alpha value is -3.49. The largest absolute Gasteiger partial charge is 0.493 e. The fourth-order valence-corrected chi connectivity index (χ4v) is 3.02. The van der Waals surface area contributed by atoms with Crippen molar-refractivity contribution >= 4 is 5.91 Å². The highest BCUT2D eigenvalue weighted by atomic mass is 16.5. The van der Waals surface area contributed by atoms with E-state index in [-0.39, 0.29) is 11.8 Å². The van der Waals surface area contributed by atoms with Crippen molar-refractivity contribution in [2.75, 3.05) is 27.3 Å². The number of nitrogens with zero attached hydrogens (tertiary/aromatic N) is 5. The third kappa shape index (κ3) is 3.51. The molecule has 2 aromatic heterocycles. The van der Waals surface area contributed by atoms with Crippen LogP contribution in [0.25, 0.3) is 11.6 Å². The second-order valence-electron chi connectivity index (χ2n) is 6.39. The van der Waals surface area contributed by atoms with E-state index in [1.807, 2.05) is 12.1 Å². The molecule has 0 unspecified atom stereocenters. The highest BCUT2D eigenvalue weighted by Gasteiger charge is 2.35. The Morgan fingerprint density at radius 3 is 2.61 bits per heavy atom. The van der Waals surface area contributed by atoms with Crippen molar-refractivity contribution in [1.82, 2.24) is 25.0 Å². The minimum absolute atomic E-state index is 0.0271. The molecule has 1 aliphatic heterocycles. The van der Waals surface area contributed by atoms with Crippen molar-refractivity contribution in [2.24, 2.45) is 0 Å². The average molecular weight is 381 g/mol. The Kier molecular flexibility index (Phi) is 4.88. The van der Waals surface area contributed by atoms with Crippen LogP contribution in [-0.2, 0) is 11.2 Å². The Labute approximate surface area is 161 Å². The van der Waals surface area contributed by atoms with E-state index in [0.717, 1.165) is 5.56 Å². The monoisotopic (exact) mass is 381 g/mol. The number of hydrogen-bond donors (Lipinski definition) is 0. The lowest BCUT2D eigenvalue weighted by atomic mass is 9.98. The maximum absolute atomic E-state index is 12.5. The van der Waals surface area contributed by atoms with Crippen LogP contribution in [-0.4, -0.2) is 58.2 Å². The first kappa shape index (κ1) is 17.9. The number of likely N-dealkylation sites (tertiary alicyclic amines) is 1. The summed E-state index contributed by atoms with van der Waals surface area (Å²) >= 11 is 0. The molecule has 4 rings (SSSR count). The maximum atomic E-state index is 12.5. The van der Waals surface area contributed by atoms with E-state index in [2.05, 4.69) is 20.1 Å². The van der Waals surface area contributed by atoms with E-state index in [1.54, 1.807) is 43.6 Å². The standard InChI is InChI=1S/C19H19N5O4/c1-26-14-5-4-12(8-15(14)27-2)9-16(25)24-10-13(11-24)19-22-18(23-28-19)17-20-6-3-7-21-17/h3-8,13H,9-11H2,1-2H3. The molecule has 0 spiro atoms. The van der Waals surface area contributed by atoms with E-state index in [1.165, 1.54) is 0 Å². The Balaban J connectivity index is 1.35. The normalized spacial score (nSPS) is 13.9. The first-order chi connectivity index (χ1) is 13.7. The van der Waals surface area contributed by atoms with Gasteiger partial charge in [0.05, 0.1) is 26.6 Å². The molecule has 1 aliphatic rings. The molecule has 0 saturated carbocycles. The number of methoxy groups -OCH3 is 2. The van der Waals surface area contributed by atoms with Crippen LogP contribution in [0.3, 0.4) is 0 Å². The highest BCUT2D eigenvalue weighted by Crippen LogP contribution is 2.30. The van der Waals surface area contributed by atoms with Gasteiger partial charge in [-0.3, -0.25) is 4.79 Å². The second-order valence-corrected chi connectivity index (χ2v) is 6.39. The summed E-state index contributed by atoms with van der Waals surface area (Å²) in [4.78, 5) is 26.8. The van der Waals surface area contributed by atoms with Gasteiger partial charge in [0.25, 0.3) is 0 Å².